The molecule has 0 saturated carbocycles. The van der Waals surface area contributed by atoms with Crippen LogP contribution in [0.25, 0.3) is 0 Å². The van der Waals surface area contributed by atoms with E-state index in [1.807, 2.05) is 25.1 Å². The van der Waals surface area contributed by atoms with Crippen LogP contribution in [0.15, 0.2) is 58.6 Å². The van der Waals surface area contributed by atoms with Crippen LogP contribution in [0.4, 0.5) is 0 Å². The van der Waals surface area contributed by atoms with Crippen molar-refractivity contribution in [3.63, 3.8) is 0 Å². The molecule has 0 heterocycles. The van der Waals surface area contributed by atoms with E-state index in [1.165, 1.54) is 7.11 Å². The average Bonchev–Trinajstić information content (AvgIpc) is 2.71. The predicted octanol–water partition coefficient (Wildman–Crippen LogP) is 4.58. The zero-order valence-corrected chi connectivity index (χ0v) is 17.5. The number of hydrogen-bond acceptors (Lipinski definition) is 5. The fraction of sp³-hybridized carbons (Fsp3) is 0.238. The zero-order chi connectivity index (χ0) is 20.4. The summed E-state index contributed by atoms with van der Waals surface area (Å²) >= 11 is 3.43. The topological polar surface area (TPSA) is 69.2 Å². The van der Waals surface area contributed by atoms with Crippen LogP contribution in [-0.4, -0.2) is 32.4 Å². The Morgan fingerprint density at radius 1 is 1.18 bits per heavy atom. The van der Waals surface area contributed by atoms with Gasteiger partial charge in [-0.3, -0.25) is 4.79 Å². The average molecular weight is 447 g/mol. The Morgan fingerprint density at radius 2 is 1.96 bits per heavy atom. The lowest BCUT2D eigenvalue weighted by molar-refractivity contribution is 0.0954. The van der Waals surface area contributed by atoms with Crippen molar-refractivity contribution < 1.29 is 19.0 Å². The number of amides is 1. The van der Waals surface area contributed by atoms with Crippen molar-refractivity contribution in [2.75, 3.05) is 20.3 Å². The summed E-state index contributed by atoms with van der Waals surface area (Å²) in [5.74, 6) is 1.33. The molecular formula is C21H23BrN2O4. The fourth-order valence-corrected chi connectivity index (χ4v) is 2.64. The van der Waals surface area contributed by atoms with Gasteiger partial charge < -0.3 is 14.2 Å². The molecule has 0 aromatic heterocycles. The quantitative estimate of drug-likeness (QED) is 0.329. The first-order chi connectivity index (χ1) is 13.6. The highest BCUT2D eigenvalue weighted by Crippen LogP contribution is 2.28. The Balaban J connectivity index is 2.09. The van der Waals surface area contributed by atoms with E-state index in [0.717, 1.165) is 16.5 Å². The number of carbonyl (C=O) groups excluding carboxylic acids is 1. The molecule has 2 aromatic rings. The lowest BCUT2D eigenvalue weighted by Crippen LogP contribution is -2.17. The number of nitrogens with zero attached hydrogens (tertiary/aromatic N) is 1. The van der Waals surface area contributed by atoms with Crippen LogP contribution in [0, 0.1) is 0 Å². The highest BCUT2D eigenvalue weighted by atomic mass is 79.9. The monoisotopic (exact) mass is 446 g/mol. The summed E-state index contributed by atoms with van der Waals surface area (Å²) in [6.45, 7) is 6.60. The van der Waals surface area contributed by atoms with Crippen molar-refractivity contribution in [2.45, 2.75) is 13.3 Å². The van der Waals surface area contributed by atoms with Gasteiger partial charge in [0, 0.05) is 15.6 Å². The van der Waals surface area contributed by atoms with Gasteiger partial charge in [0.25, 0.3) is 5.91 Å². The van der Waals surface area contributed by atoms with Crippen LogP contribution in [0.3, 0.4) is 0 Å². The van der Waals surface area contributed by atoms with Crippen molar-refractivity contribution in [3.8, 4) is 17.2 Å². The van der Waals surface area contributed by atoms with Gasteiger partial charge in [0.15, 0.2) is 11.5 Å². The number of benzene rings is 2. The van der Waals surface area contributed by atoms with Crippen molar-refractivity contribution in [1.29, 1.82) is 0 Å². The maximum Gasteiger partial charge on any atom is 0.271 e. The first-order valence-corrected chi connectivity index (χ1v) is 9.55. The number of ether oxygens (including phenoxy) is 3. The first-order valence-electron chi connectivity index (χ1n) is 8.76. The highest BCUT2D eigenvalue weighted by Gasteiger charge is 2.11. The molecule has 0 bridgehead atoms. The van der Waals surface area contributed by atoms with Crippen molar-refractivity contribution in [1.82, 2.24) is 5.43 Å². The Morgan fingerprint density at radius 3 is 2.68 bits per heavy atom. The van der Waals surface area contributed by atoms with Gasteiger partial charge in [0.05, 0.1) is 19.9 Å². The van der Waals surface area contributed by atoms with E-state index < -0.39 is 0 Å². The number of hydrazone groups is 1. The third kappa shape index (κ3) is 6.13. The molecule has 28 heavy (non-hydrogen) atoms. The second-order valence-corrected chi connectivity index (χ2v) is 6.61. The number of halogens is 1. The van der Waals surface area contributed by atoms with E-state index >= 15 is 0 Å². The lowest BCUT2D eigenvalue weighted by Gasteiger charge is -2.10. The fourth-order valence-electron chi connectivity index (χ4n) is 2.27. The second-order valence-electron chi connectivity index (χ2n) is 5.70. The molecule has 2 rings (SSSR count). The predicted molar refractivity (Wildman–Crippen MR) is 114 cm³/mol. The van der Waals surface area contributed by atoms with Gasteiger partial charge in [-0.15, -0.1) is 0 Å². The van der Waals surface area contributed by atoms with Crippen molar-refractivity contribution >= 4 is 28.1 Å². The Labute approximate surface area is 173 Å². The molecule has 0 spiro atoms. The van der Waals surface area contributed by atoms with Gasteiger partial charge in [-0.2, -0.15) is 5.10 Å². The van der Waals surface area contributed by atoms with E-state index in [2.05, 4.69) is 33.0 Å². The lowest BCUT2D eigenvalue weighted by atomic mass is 10.2. The summed E-state index contributed by atoms with van der Waals surface area (Å²) < 4.78 is 17.3. The van der Waals surface area contributed by atoms with E-state index in [0.29, 0.717) is 36.0 Å². The smallest absolute Gasteiger partial charge is 0.271 e. The molecule has 0 unspecified atom stereocenters. The van der Waals surface area contributed by atoms with Crippen molar-refractivity contribution in [2.24, 2.45) is 5.10 Å². The van der Waals surface area contributed by atoms with Gasteiger partial charge in [-0.05, 0) is 42.8 Å². The van der Waals surface area contributed by atoms with E-state index in [-0.39, 0.29) is 5.91 Å². The summed E-state index contributed by atoms with van der Waals surface area (Å²) in [7, 11) is 1.51. The molecule has 0 aliphatic rings. The molecular weight excluding hydrogens is 424 g/mol. The van der Waals surface area contributed by atoms with Crippen LogP contribution < -0.4 is 19.6 Å². The van der Waals surface area contributed by atoms with E-state index in [1.54, 1.807) is 30.5 Å². The molecule has 0 atom stereocenters. The minimum absolute atomic E-state index is 0.348. The van der Waals surface area contributed by atoms with Gasteiger partial charge >= 0.3 is 0 Å². The summed E-state index contributed by atoms with van der Waals surface area (Å²) in [6, 6.07) is 10.5. The largest absolute Gasteiger partial charge is 0.493 e. The minimum Gasteiger partial charge on any atom is -0.493 e. The van der Waals surface area contributed by atoms with Gasteiger partial charge in [-0.1, -0.05) is 35.5 Å². The van der Waals surface area contributed by atoms with Gasteiger partial charge in [0.2, 0.25) is 0 Å². The van der Waals surface area contributed by atoms with Crippen LogP contribution in [0.1, 0.15) is 29.3 Å². The third-order valence-corrected chi connectivity index (χ3v) is 4.08. The molecule has 0 aliphatic carbocycles. The third-order valence-electron chi connectivity index (χ3n) is 3.59. The summed E-state index contributed by atoms with van der Waals surface area (Å²) in [6.07, 6.45) is 4.08. The van der Waals surface area contributed by atoms with Crippen LogP contribution in [0.2, 0.25) is 0 Å². The highest BCUT2D eigenvalue weighted by molar-refractivity contribution is 9.10. The summed E-state index contributed by atoms with van der Waals surface area (Å²) in [5, 5.41) is 4.04. The molecule has 2 aromatic carbocycles. The van der Waals surface area contributed by atoms with Gasteiger partial charge in [0.1, 0.15) is 12.4 Å². The first kappa shape index (κ1) is 21.5. The molecule has 0 radical (unpaired) electrons. The number of methoxy groups -OCH3 is 1. The van der Waals surface area contributed by atoms with Crippen molar-refractivity contribution in [3.05, 3.63) is 64.7 Å². The van der Waals surface area contributed by atoms with Crippen LogP contribution in [0.5, 0.6) is 17.2 Å². The summed E-state index contributed by atoms with van der Waals surface area (Å²) in [5.41, 5.74) is 3.67. The van der Waals surface area contributed by atoms with Crippen LogP contribution >= 0.6 is 15.9 Å². The maximum atomic E-state index is 12.4. The minimum atomic E-state index is -0.365. The Bertz CT molecular complexity index is 852. The number of rotatable bonds is 10. The normalized spacial score (nSPS) is 10.5. The molecule has 6 nitrogen and oxygen atoms in total. The Kier molecular flexibility index (Phi) is 8.55. The Hall–Kier alpha value is -2.80. The molecule has 0 aliphatic heterocycles. The van der Waals surface area contributed by atoms with Crippen LogP contribution in [-0.2, 0) is 0 Å². The number of hydrogen-bond donors (Lipinski definition) is 1. The summed E-state index contributed by atoms with van der Waals surface area (Å²) in [4.78, 5) is 12.4. The van der Waals surface area contributed by atoms with Gasteiger partial charge in [-0.25, -0.2) is 5.43 Å². The molecule has 0 saturated heterocycles. The maximum absolute atomic E-state index is 12.4. The zero-order valence-electron chi connectivity index (χ0n) is 15.9. The second kappa shape index (κ2) is 11.1. The molecule has 0 fully saturated rings. The molecule has 1 amide bonds. The van der Waals surface area contributed by atoms with E-state index in [4.69, 9.17) is 14.2 Å². The SMILES string of the molecule is C=CCOc1ccc(C(=O)N/N=C/c2cc(Br)ccc2OCCC)cc1OC. The standard InChI is InChI=1S/C21H23BrN2O4/c1-4-10-27-18-9-7-17(22)12-16(18)14-23-24-21(25)15-6-8-19(28-11-5-2)20(13-15)26-3/h5-9,12-14H,2,4,10-11H2,1,3H3,(H,24,25)/b23-14+. The molecule has 7 heteroatoms. The number of nitrogens with one attached hydrogen (secondary N) is 1. The van der Waals surface area contributed by atoms with E-state index in [9.17, 15) is 4.79 Å². The molecule has 148 valence electrons. The molecule has 1 N–H and O–H groups in total. The number of carbonyl (C=O) groups is 1.